The van der Waals surface area contributed by atoms with Crippen LogP contribution in [0.25, 0.3) is 0 Å². The van der Waals surface area contributed by atoms with Crippen LogP contribution in [0.5, 0.6) is 0 Å². The van der Waals surface area contributed by atoms with Crippen molar-refractivity contribution in [2.24, 2.45) is 0 Å². The van der Waals surface area contributed by atoms with Gasteiger partial charge >= 0.3 is 5.69 Å². The van der Waals surface area contributed by atoms with Crippen LogP contribution >= 0.6 is 12.4 Å². The minimum Gasteiger partial charge on any atom is -0.395 e. The van der Waals surface area contributed by atoms with Gasteiger partial charge in [0.2, 0.25) is 0 Å². The predicted octanol–water partition coefficient (Wildman–Crippen LogP) is 0.825. The third-order valence-electron chi connectivity index (χ3n) is 2.07. The Hall–Kier alpha value is -1.57. The van der Waals surface area contributed by atoms with E-state index in [4.69, 9.17) is 10.2 Å². The standard InChI is InChI=1S/C10H15N3O4.ClH/c14-6-4-11-8-2-1-3-9(12-5-7-15)10(8)13(16)17;/h1-3,11-12,14-15H,4-7H2;1H. The van der Waals surface area contributed by atoms with E-state index in [0.717, 1.165) is 0 Å². The molecule has 0 saturated heterocycles. The lowest BCUT2D eigenvalue weighted by Gasteiger charge is -2.10. The van der Waals surface area contributed by atoms with E-state index < -0.39 is 4.92 Å². The fourth-order valence-corrected chi connectivity index (χ4v) is 1.41. The van der Waals surface area contributed by atoms with Gasteiger partial charge in [-0.1, -0.05) is 6.07 Å². The van der Waals surface area contributed by atoms with Crippen LogP contribution < -0.4 is 10.6 Å². The maximum atomic E-state index is 11.0. The van der Waals surface area contributed by atoms with Crippen molar-refractivity contribution >= 4 is 29.5 Å². The number of para-hydroxylation sites is 1. The molecule has 1 aromatic rings. The van der Waals surface area contributed by atoms with Crippen LogP contribution in [0.1, 0.15) is 0 Å². The largest absolute Gasteiger partial charge is 0.395 e. The van der Waals surface area contributed by atoms with Gasteiger partial charge in [-0.25, -0.2) is 0 Å². The van der Waals surface area contributed by atoms with Gasteiger partial charge in [-0.3, -0.25) is 10.1 Å². The van der Waals surface area contributed by atoms with E-state index >= 15 is 0 Å². The Kier molecular flexibility index (Phi) is 7.77. The molecule has 102 valence electrons. The van der Waals surface area contributed by atoms with Crippen LogP contribution in [0.3, 0.4) is 0 Å². The van der Waals surface area contributed by atoms with Gasteiger partial charge in [-0.2, -0.15) is 0 Å². The van der Waals surface area contributed by atoms with E-state index in [1.807, 2.05) is 0 Å². The highest BCUT2D eigenvalue weighted by Crippen LogP contribution is 2.32. The summed E-state index contributed by atoms with van der Waals surface area (Å²) >= 11 is 0. The Morgan fingerprint density at radius 3 is 1.89 bits per heavy atom. The van der Waals surface area contributed by atoms with Gasteiger partial charge < -0.3 is 20.8 Å². The van der Waals surface area contributed by atoms with Crippen molar-refractivity contribution in [2.45, 2.75) is 0 Å². The van der Waals surface area contributed by atoms with Crippen molar-refractivity contribution in [3.05, 3.63) is 28.3 Å². The fraction of sp³-hybridized carbons (Fsp3) is 0.400. The number of anilines is 2. The summed E-state index contributed by atoms with van der Waals surface area (Å²) < 4.78 is 0. The highest BCUT2D eigenvalue weighted by Gasteiger charge is 2.18. The number of nitrogens with zero attached hydrogens (tertiary/aromatic N) is 1. The molecule has 0 radical (unpaired) electrons. The number of nitrogens with one attached hydrogen (secondary N) is 2. The first-order chi connectivity index (χ1) is 8.20. The quantitative estimate of drug-likeness (QED) is 0.434. The van der Waals surface area contributed by atoms with Crippen LogP contribution in [0, 0.1) is 10.1 Å². The van der Waals surface area contributed by atoms with Gasteiger partial charge in [0.05, 0.1) is 18.1 Å². The maximum absolute atomic E-state index is 11.0. The molecular weight excluding hydrogens is 262 g/mol. The summed E-state index contributed by atoms with van der Waals surface area (Å²) in [7, 11) is 0. The first-order valence-corrected chi connectivity index (χ1v) is 5.17. The Balaban J connectivity index is 0.00000289. The van der Waals surface area contributed by atoms with Gasteiger partial charge in [0.25, 0.3) is 0 Å². The molecule has 7 nitrogen and oxygen atoms in total. The summed E-state index contributed by atoms with van der Waals surface area (Å²) in [4.78, 5) is 10.5. The molecule has 0 spiro atoms. The van der Waals surface area contributed by atoms with E-state index in [2.05, 4.69) is 10.6 Å². The highest BCUT2D eigenvalue weighted by atomic mass is 35.5. The number of hydrogen-bond acceptors (Lipinski definition) is 6. The Labute approximate surface area is 110 Å². The normalized spacial score (nSPS) is 9.44. The van der Waals surface area contributed by atoms with E-state index in [0.29, 0.717) is 11.4 Å². The van der Waals surface area contributed by atoms with E-state index in [9.17, 15) is 10.1 Å². The van der Waals surface area contributed by atoms with Crippen LogP contribution in [0.15, 0.2) is 18.2 Å². The third kappa shape index (κ3) is 4.36. The topological polar surface area (TPSA) is 108 Å². The van der Waals surface area contributed by atoms with Gasteiger partial charge in [-0.05, 0) is 12.1 Å². The zero-order valence-corrected chi connectivity index (χ0v) is 10.4. The zero-order valence-electron chi connectivity index (χ0n) is 9.63. The van der Waals surface area contributed by atoms with E-state index in [1.165, 1.54) is 0 Å². The Morgan fingerprint density at radius 1 is 1.11 bits per heavy atom. The molecule has 0 amide bonds. The van der Waals surface area contributed by atoms with Gasteiger partial charge in [0, 0.05) is 13.1 Å². The SMILES string of the molecule is Cl.O=[N+]([O-])c1c(NCCO)cccc1NCCO. The third-order valence-corrected chi connectivity index (χ3v) is 2.07. The second kappa shape index (κ2) is 8.51. The maximum Gasteiger partial charge on any atom is 0.315 e. The number of aliphatic hydroxyl groups excluding tert-OH is 2. The lowest BCUT2D eigenvalue weighted by Crippen LogP contribution is -2.11. The molecule has 1 rings (SSSR count). The molecule has 0 aliphatic carbocycles. The smallest absolute Gasteiger partial charge is 0.315 e. The predicted molar refractivity (Wildman–Crippen MR) is 71.5 cm³/mol. The summed E-state index contributed by atoms with van der Waals surface area (Å²) in [6.45, 7) is 0.269. The van der Waals surface area contributed by atoms with Crippen molar-refractivity contribution in [3.8, 4) is 0 Å². The second-order valence-electron chi connectivity index (χ2n) is 3.26. The van der Waals surface area contributed by atoms with E-state index in [1.54, 1.807) is 18.2 Å². The minimum atomic E-state index is -0.501. The molecule has 0 aliphatic heterocycles. The fourth-order valence-electron chi connectivity index (χ4n) is 1.41. The summed E-state index contributed by atoms with van der Waals surface area (Å²) in [5.74, 6) is 0. The van der Waals surface area contributed by atoms with Crippen molar-refractivity contribution in [1.29, 1.82) is 0 Å². The van der Waals surface area contributed by atoms with Crippen molar-refractivity contribution in [2.75, 3.05) is 36.9 Å². The molecule has 0 aromatic heterocycles. The molecule has 4 N–H and O–H groups in total. The molecule has 18 heavy (non-hydrogen) atoms. The Morgan fingerprint density at radius 2 is 1.56 bits per heavy atom. The summed E-state index contributed by atoms with van der Waals surface area (Å²) in [6, 6.07) is 4.79. The van der Waals surface area contributed by atoms with E-state index in [-0.39, 0.29) is 44.4 Å². The molecular formula is C10H16ClN3O4. The summed E-state index contributed by atoms with van der Waals surface area (Å²) in [6.07, 6.45) is 0. The summed E-state index contributed by atoms with van der Waals surface area (Å²) in [5.41, 5.74) is 0.591. The molecule has 0 aliphatic rings. The summed E-state index contributed by atoms with van der Waals surface area (Å²) in [5, 5.41) is 33.9. The number of nitro benzene ring substituents is 1. The van der Waals surface area contributed by atoms with Crippen LogP contribution in [0.4, 0.5) is 17.1 Å². The highest BCUT2D eigenvalue weighted by molar-refractivity contribution is 5.85. The number of halogens is 1. The average molecular weight is 278 g/mol. The lowest BCUT2D eigenvalue weighted by molar-refractivity contribution is -0.383. The molecule has 0 unspecified atom stereocenters. The number of nitro groups is 1. The molecule has 8 heteroatoms. The molecule has 0 bridgehead atoms. The average Bonchev–Trinajstić information content (AvgIpc) is 2.33. The lowest BCUT2D eigenvalue weighted by atomic mass is 10.2. The van der Waals surface area contributed by atoms with Crippen LogP contribution in [-0.2, 0) is 0 Å². The Bertz CT molecular complexity index is 363. The van der Waals surface area contributed by atoms with Gasteiger partial charge in [-0.15, -0.1) is 12.4 Å². The van der Waals surface area contributed by atoms with Crippen molar-refractivity contribution in [1.82, 2.24) is 0 Å². The molecule has 0 atom stereocenters. The van der Waals surface area contributed by atoms with Gasteiger partial charge in [0.15, 0.2) is 0 Å². The van der Waals surface area contributed by atoms with Crippen molar-refractivity contribution in [3.63, 3.8) is 0 Å². The zero-order chi connectivity index (χ0) is 12.7. The number of hydrogen-bond donors (Lipinski definition) is 4. The monoisotopic (exact) mass is 277 g/mol. The first kappa shape index (κ1) is 16.4. The molecule has 0 heterocycles. The molecule has 0 saturated carbocycles. The van der Waals surface area contributed by atoms with Crippen molar-refractivity contribution < 1.29 is 15.1 Å². The van der Waals surface area contributed by atoms with Gasteiger partial charge in [0.1, 0.15) is 11.4 Å². The van der Waals surface area contributed by atoms with Crippen LogP contribution in [-0.4, -0.2) is 41.4 Å². The minimum absolute atomic E-state index is 0. The second-order valence-corrected chi connectivity index (χ2v) is 3.26. The number of aliphatic hydroxyl groups is 2. The molecule has 0 fully saturated rings. The number of rotatable bonds is 7. The number of benzene rings is 1. The molecule has 1 aromatic carbocycles. The van der Waals surface area contributed by atoms with Crippen LogP contribution in [0.2, 0.25) is 0 Å². The first-order valence-electron chi connectivity index (χ1n) is 5.17.